The molecule has 20 heavy (non-hydrogen) atoms. The predicted octanol–water partition coefficient (Wildman–Crippen LogP) is 4.49. The summed E-state index contributed by atoms with van der Waals surface area (Å²) in [7, 11) is 0. The van der Waals surface area contributed by atoms with Crippen molar-refractivity contribution in [3.05, 3.63) is 28.0 Å². The van der Waals surface area contributed by atoms with Crippen LogP contribution in [0, 0.1) is 5.82 Å². The molecule has 1 aliphatic heterocycles. The summed E-state index contributed by atoms with van der Waals surface area (Å²) in [6.45, 7) is 7.07. The van der Waals surface area contributed by atoms with Gasteiger partial charge in [-0.25, -0.2) is 4.39 Å². The van der Waals surface area contributed by atoms with Crippen molar-refractivity contribution in [2.75, 3.05) is 24.5 Å². The summed E-state index contributed by atoms with van der Waals surface area (Å²) in [6.07, 6.45) is 3.10. The fourth-order valence-corrected chi connectivity index (χ4v) is 3.57. The van der Waals surface area contributed by atoms with Gasteiger partial charge in [-0.05, 0) is 37.9 Å². The SMILES string of the molecule is CCC1(CC)CN(c2c(Cl)cc(F)cc2Cl)CCCN1. The average Bonchev–Trinajstić information content (AvgIpc) is 2.61. The average molecular weight is 319 g/mol. The minimum atomic E-state index is -0.394. The van der Waals surface area contributed by atoms with Crippen LogP contribution in [0.5, 0.6) is 0 Å². The highest BCUT2D eigenvalue weighted by Gasteiger charge is 2.31. The number of anilines is 1. The predicted molar refractivity (Wildman–Crippen MR) is 84.6 cm³/mol. The van der Waals surface area contributed by atoms with Crippen LogP contribution in [0.3, 0.4) is 0 Å². The van der Waals surface area contributed by atoms with E-state index in [0.29, 0.717) is 10.0 Å². The van der Waals surface area contributed by atoms with Gasteiger partial charge in [0.15, 0.2) is 0 Å². The molecule has 0 aliphatic carbocycles. The molecule has 112 valence electrons. The Kier molecular flexibility index (Phi) is 5.16. The zero-order chi connectivity index (χ0) is 14.8. The van der Waals surface area contributed by atoms with E-state index in [0.717, 1.165) is 44.6 Å². The van der Waals surface area contributed by atoms with Crippen LogP contribution in [0.15, 0.2) is 12.1 Å². The van der Waals surface area contributed by atoms with E-state index in [1.54, 1.807) is 0 Å². The Morgan fingerprint density at radius 1 is 1.25 bits per heavy atom. The first-order valence-corrected chi connectivity index (χ1v) is 7.91. The van der Waals surface area contributed by atoms with Crippen molar-refractivity contribution in [3.8, 4) is 0 Å². The Morgan fingerprint density at radius 2 is 1.85 bits per heavy atom. The van der Waals surface area contributed by atoms with Crippen molar-refractivity contribution in [3.63, 3.8) is 0 Å². The van der Waals surface area contributed by atoms with E-state index in [4.69, 9.17) is 23.2 Å². The van der Waals surface area contributed by atoms with Gasteiger partial charge in [-0.3, -0.25) is 0 Å². The third kappa shape index (κ3) is 3.21. The summed E-state index contributed by atoms with van der Waals surface area (Å²) < 4.78 is 13.3. The van der Waals surface area contributed by atoms with Crippen molar-refractivity contribution < 1.29 is 4.39 Å². The van der Waals surface area contributed by atoms with Gasteiger partial charge in [0.05, 0.1) is 15.7 Å². The smallest absolute Gasteiger partial charge is 0.126 e. The molecular weight excluding hydrogens is 298 g/mol. The zero-order valence-corrected chi connectivity index (χ0v) is 13.5. The van der Waals surface area contributed by atoms with Crippen molar-refractivity contribution in [2.45, 2.75) is 38.6 Å². The Hall–Kier alpha value is -0.510. The normalized spacial score (nSPS) is 18.9. The fraction of sp³-hybridized carbons (Fsp3) is 0.600. The van der Waals surface area contributed by atoms with Gasteiger partial charge in [0.2, 0.25) is 0 Å². The Morgan fingerprint density at radius 3 is 2.40 bits per heavy atom. The molecule has 0 aromatic heterocycles. The summed E-state index contributed by atoms with van der Waals surface area (Å²) in [5, 5.41) is 4.42. The third-order valence-corrected chi connectivity index (χ3v) is 4.83. The molecule has 1 aromatic rings. The van der Waals surface area contributed by atoms with Crippen LogP contribution < -0.4 is 10.2 Å². The quantitative estimate of drug-likeness (QED) is 0.883. The van der Waals surface area contributed by atoms with Crippen LogP contribution in [0.2, 0.25) is 10.0 Å². The summed E-state index contributed by atoms with van der Waals surface area (Å²) in [5.41, 5.74) is 0.821. The van der Waals surface area contributed by atoms with Crippen molar-refractivity contribution in [2.24, 2.45) is 0 Å². The molecule has 1 heterocycles. The second-order valence-electron chi connectivity index (χ2n) is 5.41. The van der Waals surface area contributed by atoms with E-state index in [1.165, 1.54) is 12.1 Å². The van der Waals surface area contributed by atoms with Crippen LogP contribution in [0.4, 0.5) is 10.1 Å². The fourth-order valence-electron chi connectivity index (χ4n) is 2.87. The van der Waals surface area contributed by atoms with Gasteiger partial charge in [0.1, 0.15) is 5.82 Å². The number of rotatable bonds is 3. The van der Waals surface area contributed by atoms with E-state index < -0.39 is 5.82 Å². The molecule has 1 aromatic carbocycles. The van der Waals surface area contributed by atoms with E-state index in [1.807, 2.05) is 0 Å². The van der Waals surface area contributed by atoms with Gasteiger partial charge in [-0.2, -0.15) is 0 Å². The molecule has 0 saturated carbocycles. The van der Waals surface area contributed by atoms with E-state index in [2.05, 4.69) is 24.1 Å². The molecule has 2 rings (SSSR count). The first kappa shape index (κ1) is 15.9. The monoisotopic (exact) mass is 318 g/mol. The van der Waals surface area contributed by atoms with Crippen LogP contribution in [0.1, 0.15) is 33.1 Å². The lowest BCUT2D eigenvalue weighted by Gasteiger charge is -2.37. The Labute approximate surface area is 130 Å². The largest absolute Gasteiger partial charge is 0.367 e. The van der Waals surface area contributed by atoms with Gasteiger partial charge < -0.3 is 10.2 Å². The Balaban J connectivity index is 2.36. The second-order valence-corrected chi connectivity index (χ2v) is 6.22. The molecule has 1 saturated heterocycles. The molecule has 1 N–H and O–H groups in total. The maximum atomic E-state index is 13.3. The number of benzene rings is 1. The van der Waals surface area contributed by atoms with Gasteiger partial charge >= 0.3 is 0 Å². The molecule has 0 amide bonds. The lowest BCUT2D eigenvalue weighted by Crippen LogP contribution is -2.50. The first-order valence-electron chi connectivity index (χ1n) is 7.16. The minimum absolute atomic E-state index is 0.0670. The molecule has 5 heteroatoms. The summed E-state index contributed by atoms with van der Waals surface area (Å²) >= 11 is 12.4. The van der Waals surface area contributed by atoms with Crippen molar-refractivity contribution in [1.29, 1.82) is 0 Å². The zero-order valence-electron chi connectivity index (χ0n) is 12.0. The van der Waals surface area contributed by atoms with Crippen LogP contribution >= 0.6 is 23.2 Å². The maximum Gasteiger partial charge on any atom is 0.126 e. The number of halogens is 3. The molecule has 0 bridgehead atoms. The lowest BCUT2D eigenvalue weighted by atomic mass is 9.92. The molecule has 1 fully saturated rings. The van der Waals surface area contributed by atoms with Crippen LogP contribution in [-0.2, 0) is 0 Å². The standard InChI is InChI=1S/C15H21Cl2FN2/c1-3-15(4-2)10-20(7-5-6-19-15)14-12(16)8-11(18)9-13(14)17/h8-9,19H,3-7,10H2,1-2H3. The molecule has 1 aliphatic rings. The maximum absolute atomic E-state index is 13.3. The first-order chi connectivity index (χ1) is 9.51. The number of nitrogens with one attached hydrogen (secondary N) is 1. The van der Waals surface area contributed by atoms with Gasteiger partial charge in [-0.15, -0.1) is 0 Å². The van der Waals surface area contributed by atoms with Gasteiger partial charge in [-0.1, -0.05) is 37.0 Å². The molecule has 2 nitrogen and oxygen atoms in total. The van der Waals surface area contributed by atoms with E-state index in [9.17, 15) is 4.39 Å². The second kappa shape index (κ2) is 6.50. The summed E-state index contributed by atoms with van der Waals surface area (Å²) in [4.78, 5) is 2.19. The molecule has 0 spiro atoms. The molecular formula is C15H21Cl2FN2. The van der Waals surface area contributed by atoms with Crippen molar-refractivity contribution >= 4 is 28.9 Å². The summed E-state index contributed by atoms with van der Waals surface area (Å²) in [6, 6.07) is 2.67. The highest BCUT2D eigenvalue weighted by Crippen LogP contribution is 2.36. The summed E-state index contributed by atoms with van der Waals surface area (Å²) in [5.74, 6) is -0.394. The molecule has 0 unspecified atom stereocenters. The minimum Gasteiger partial charge on any atom is -0.367 e. The topological polar surface area (TPSA) is 15.3 Å². The highest BCUT2D eigenvalue weighted by molar-refractivity contribution is 6.39. The molecule has 0 radical (unpaired) electrons. The van der Waals surface area contributed by atoms with Crippen molar-refractivity contribution in [1.82, 2.24) is 5.32 Å². The Bertz CT molecular complexity index is 452. The van der Waals surface area contributed by atoms with Gasteiger partial charge in [0.25, 0.3) is 0 Å². The van der Waals surface area contributed by atoms with Crippen LogP contribution in [0.25, 0.3) is 0 Å². The third-order valence-electron chi connectivity index (χ3n) is 4.25. The van der Waals surface area contributed by atoms with E-state index >= 15 is 0 Å². The number of nitrogens with zero attached hydrogens (tertiary/aromatic N) is 1. The van der Waals surface area contributed by atoms with Gasteiger partial charge in [0, 0.05) is 18.6 Å². The van der Waals surface area contributed by atoms with Crippen LogP contribution in [-0.4, -0.2) is 25.2 Å². The highest BCUT2D eigenvalue weighted by atomic mass is 35.5. The molecule has 0 atom stereocenters. The number of hydrogen-bond acceptors (Lipinski definition) is 2. The number of hydrogen-bond donors (Lipinski definition) is 1. The van der Waals surface area contributed by atoms with E-state index in [-0.39, 0.29) is 5.54 Å². The lowest BCUT2D eigenvalue weighted by molar-refractivity contribution is 0.321.